The molecule has 5 rings (SSSR count). The van der Waals surface area contributed by atoms with E-state index >= 15 is 0 Å². The molecule has 0 aliphatic carbocycles. The van der Waals surface area contributed by atoms with Gasteiger partial charge in [0.25, 0.3) is 0 Å². The quantitative estimate of drug-likeness (QED) is 0.522. The van der Waals surface area contributed by atoms with Gasteiger partial charge >= 0.3 is 0 Å². The number of aromatic nitrogens is 4. The molecule has 1 aliphatic rings. The molecule has 0 radical (unpaired) electrons. The Bertz CT molecular complexity index is 1060. The van der Waals surface area contributed by atoms with Gasteiger partial charge < -0.3 is 14.0 Å². The summed E-state index contributed by atoms with van der Waals surface area (Å²) in [7, 11) is 0. The number of rotatable bonds is 6. The normalized spacial score (nSPS) is 15.8. The third-order valence-electron chi connectivity index (χ3n) is 5.67. The standard InChI is InChI=1S/C23H25N5O/c1-17-24-14-19(26-17)23-22(18-8-3-2-4-9-18)25-16-28(23)15-20(21-10-7-13-29-21)27-11-5-6-12-27/h2-4,7-10,13-14,16,20H,5-6,11-12,15H2,1H3,(H,24,26). The number of hydrogen-bond acceptors (Lipinski definition) is 4. The van der Waals surface area contributed by atoms with E-state index in [9.17, 15) is 0 Å². The Morgan fingerprint density at radius 2 is 1.90 bits per heavy atom. The van der Waals surface area contributed by atoms with Gasteiger partial charge in [0.05, 0.1) is 41.9 Å². The smallest absolute Gasteiger partial charge is 0.122 e. The van der Waals surface area contributed by atoms with Crippen LogP contribution in [0.2, 0.25) is 0 Å². The molecule has 148 valence electrons. The molecule has 0 bridgehead atoms. The molecule has 6 heteroatoms. The molecular formula is C23H25N5O. The van der Waals surface area contributed by atoms with Gasteiger partial charge in [0, 0.05) is 12.1 Å². The van der Waals surface area contributed by atoms with E-state index in [1.165, 1.54) is 12.8 Å². The van der Waals surface area contributed by atoms with Crippen molar-refractivity contribution in [3.05, 3.63) is 72.8 Å². The fourth-order valence-corrected chi connectivity index (χ4v) is 4.26. The summed E-state index contributed by atoms with van der Waals surface area (Å²) >= 11 is 0. The average Bonchev–Trinajstić information content (AvgIpc) is 3.54. The monoisotopic (exact) mass is 387 g/mol. The molecule has 1 N–H and O–H groups in total. The summed E-state index contributed by atoms with van der Waals surface area (Å²) in [6, 6.07) is 14.6. The molecule has 29 heavy (non-hydrogen) atoms. The van der Waals surface area contributed by atoms with Crippen LogP contribution in [0.5, 0.6) is 0 Å². The van der Waals surface area contributed by atoms with E-state index in [-0.39, 0.29) is 6.04 Å². The molecule has 1 aromatic carbocycles. The Kier molecular flexibility index (Phi) is 4.77. The molecule has 3 aromatic heterocycles. The molecular weight excluding hydrogens is 362 g/mol. The van der Waals surface area contributed by atoms with Gasteiger partial charge in [-0.15, -0.1) is 0 Å². The summed E-state index contributed by atoms with van der Waals surface area (Å²) in [6.07, 6.45) is 8.08. The van der Waals surface area contributed by atoms with Gasteiger partial charge in [-0.3, -0.25) is 4.90 Å². The summed E-state index contributed by atoms with van der Waals surface area (Å²) in [5.74, 6) is 1.91. The maximum atomic E-state index is 5.83. The van der Waals surface area contributed by atoms with E-state index in [4.69, 9.17) is 9.40 Å². The topological polar surface area (TPSA) is 62.9 Å². The Balaban J connectivity index is 1.58. The van der Waals surface area contributed by atoms with Crippen molar-refractivity contribution in [2.75, 3.05) is 13.1 Å². The summed E-state index contributed by atoms with van der Waals surface area (Å²) < 4.78 is 8.06. The first-order valence-corrected chi connectivity index (χ1v) is 10.2. The summed E-state index contributed by atoms with van der Waals surface area (Å²) in [5.41, 5.74) is 4.11. The summed E-state index contributed by atoms with van der Waals surface area (Å²) in [4.78, 5) is 15.1. The van der Waals surface area contributed by atoms with Crippen molar-refractivity contribution in [1.29, 1.82) is 0 Å². The minimum atomic E-state index is 0.188. The molecule has 6 nitrogen and oxygen atoms in total. The van der Waals surface area contributed by atoms with Crippen LogP contribution in [0, 0.1) is 6.92 Å². The molecule has 1 atom stereocenters. The van der Waals surface area contributed by atoms with Crippen LogP contribution < -0.4 is 0 Å². The molecule has 1 fully saturated rings. The van der Waals surface area contributed by atoms with Crippen LogP contribution in [0.15, 0.2) is 65.7 Å². The number of benzene rings is 1. The highest BCUT2D eigenvalue weighted by Crippen LogP contribution is 2.33. The predicted octanol–water partition coefficient (Wildman–Crippen LogP) is 4.68. The van der Waals surface area contributed by atoms with Gasteiger partial charge in [-0.05, 0) is 45.0 Å². The van der Waals surface area contributed by atoms with Gasteiger partial charge in [0.2, 0.25) is 0 Å². The van der Waals surface area contributed by atoms with Crippen molar-refractivity contribution >= 4 is 0 Å². The van der Waals surface area contributed by atoms with Crippen molar-refractivity contribution in [2.45, 2.75) is 32.4 Å². The Hall–Kier alpha value is -3.12. The largest absolute Gasteiger partial charge is 0.468 e. The van der Waals surface area contributed by atoms with Crippen molar-refractivity contribution < 1.29 is 4.42 Å². The van der Waals surface area contributed by atoms with Crippen LogP contribution in [0.3, 0.4) is 0 Å². The number of H-pyrrole nitrogens is 1. The van der Waals surface area contributed by atoms with E-state index in [2.05, 4.69) is 37.6 Å². The fraction of sp³-hybridized carbons (Fsp3) is 0.304. The van der Waals surface area contributed by atoms with E-state index in [0.717, 1.165) is 53.9 Å². The molecule has 4 aromatic rings. The van der Waals surface area contributed by atoms with E-state index in [0.29, 0.717) is 0 Å². The van der Waals surface area contributed by atoms with E-state index in [1.54, 1.807) is 6.26 Å². The first kappa shape index (κ1) is 17.9. The van der Waals surface area contributed by atoms with Crippen LogP contribution in [-0.2, 0) is 6.54 Å². The maximum absolute atomic E-state index is 5.83. The number of hydrogen-bond donors (Lipinski definition) is 1. The van der Waals surface area contributed by atoms with Crippen LogP contribution in [0.1, 0.15) is 30.5 Å². The molecule has 4 heterocycles. The minimum absolute atomic E-state index is 0.188. The van der Waals surface area contributed by atoms with Crippen LogP contribution in [0.25, 0.3) is 22.6 Å². The third kappa shape index (κ3) is 3.51. The van der Waals surface area contributed by atoms with Crippen molar-refractivity contribution in [3.63, 3.8) is 0 Å². The van der Waals surface area contributed by atoms with Gasteiger partial charge in [-0.2, -0.15) is 0 Å². The lowest BCUT2D eigenvalue weighted by Crippen LogP contribution is -2.29. The van der Waals surface area contributed by atoms with Gasteiger partial charge in [-0.25, -0.2) is 9.97 Å². The average molecular weight is 387 g/mol. The lowest BCUT2D eigenvalue weighted by molar-refractivity contribution is 0.194. The number of likely N-dealkylation sites (tertiary alicyclic amines) is 1. The fourth-order valence-electron chi connectivity index (χ4n) is 4.26. The lowest BCUT2D eigenvalue weighted by Gasteiger charge is -2.26. The number of aryl methyl sites for hydroxylation is 1. The number of furan rings is 1. The van der Waals surface area contributed by atoms with E-state index < -0.39 is 0 Å². The van der Waals surface area contributed by atoms with Crippen LogP contribution >= 0.6 is 0 Å². The third-order valence-corrected chi connectivity index (χ3v) is 5.67. The molecule has 0 amide bonds. The predicted molar refractivity (Wildman–Crippen MR) is 112 cm³/mol. The van der Waals surface area contributed by atoms with Gasteiger partial charge in [0.15, 0.2) is 0 Å². The van der Waals surface area contributed by atoms with Gasteiger partial charge in [-0.1, -0.05) is 30.3 Å². The zero-order chi connectivity index (χ0) is 19.6. The Labute approximate surface area is 170 Å². The van der Waals surface area contributed by atoms with Crippen LogP contribution in [-0.4, -0.2) is 37.5 Å². The zero-order valence-corrected chi connectivity index (χ0v) is 16.6. The first-order valence-electron chi connectivity index (χ1n) is 10.2. The number of nitrogens with zero attached hydrogens (tertiary/aromatic N) is 4. The van der Waals surface area contributed by atoms with Crippen molar-refractivity contribution in [2.24, 2.45) is 0 Å². The molecule has 1 aliphatic heterocycles. The lowest BCUT2D eigenvalue weighted by atomic mass is 10.1. The summed E-state index contributed by atoms with van der Waals surface area (Å²) in [5, 5.41) is 0. The second kappa shape index (κ2) is 7.72. The second-order valence-corrected chi connectivity index (χ2v) is 7.62. The highest BCUT2D eigenvalue weighted by molar-refractivity contribution is 5.76. The molecule has 1 unspecified atom stereocenters. The van der Waals surface area contributed by atoms with Gasteiger partial charge in [0.1, 0.15) is 11.6 Å². The Morgan fingerprint density at radius 1 is 1.07 bits per heavy atom. The Morgan fingerprint density at radius 3 is 2.59 bits per heavy atom. The van der Waals surface area contributed by atoms with E-state index in [1.807, 2.05) is 43.7 Å². The molecule has 0 spiro atoms. The summed E-state index contributed by atoms with van der Waals surface area (Å²) in [6.45, 7) is 4.96. The van der Waals surface area contributed by atoms with Crippen LogP contribution in [0.4, 0.5) is 0 Å². The van der Waals surface area contributed by atoms with Crippen molar-refractivity contribution in [1.82, 2.24) is 24.4 Å². The zero-order valence-electron chi connectivity index (χ0n) is 16.6. The number of nitrogens with one attached hydrogen (secondary N) is 1. The second-order valence-electron chi connectivity index (χ2n) is 7.62. The maximum Gasteiger partial charge on any atom is 0.122 e. The minimum Gasteiger partial charge on any atom is -0.468 e. The number of aromatic amines is 1. The first-order chi connectivity index (χ1) is 14.3. The highest BCUT2D eigenvalue weighted by atomic mass is 16.3. The number of imidazole rings is 2. The molecule has 0 saturated carbocycles. The van der Waals surface area contributed by atoms with Crippen molar-refractivity contribution in [3.8, 4) is 22.6 Å². The highest BCUT2D eigenvalue weighted by Gasteiger charge is 2.28. The molecule has 1 saturated heterocycles. The SMILES string of the molecule is Cc1ncc(-c2c(-c3ccccc3)ncn2CC(c2ccco2)N2CCCC2)[nH]1.